The van der Waals surface area contributed by atoms with Crippen LogP contribution < -0.4 is 0 Å². The largest absolute Gasteiger partial charge is 0.477 e. The quantitative estimate of drug-likeness (QED) is 0.161. The molecule has 0 aliphatic rings. The summed E-state index contributed by atoms with van der Waals surface area (Å²) in [6.07, 6.45) is 9.54. The third-order valence-corrected chi connectivity index (χ3v) is 6.38. The first-order valence-electron chi connectivity index (χ1n) is 12.9. The van der Waals surface area contributed by atoms with Crippen LogP contribution in [0.2, 0.25) is 0 Å². The number of hydrogen-bond donors (Lipinski definition) is 1. The van der Waals surface area contributed by atoms with E-state index in [2.05, 4.69) is 19.1 Å². The molecule has 37 heavy (non-hydrogen) atoms. The molecule has 0 fully saturated rings. The molecule has 192 valence electrons. The summed E-state index contributed by atoms with van der Waals surface area (Å²) in [6.45, 7) is 2.21. The van der Waals surface area contributed by atoms with Crippen molar-refractivity contribution in [1.82, 2.24) is 9.78 Å². The van der Waals surface area contributed by atoms with Crippen molar-refractivity contribution in [2.75, 3.05) is 0 Å². The van der Waals surface area contributed by atoms with Gasteiger partial charge in [0.25, 0.3) is 0 Å². The van der Waals surface area contributed by atoms with Gasteiger partial charge in [-0.25, -0.2) is 9.48 Å². The summed E-state index contributed by atoms with van der Waals surface area (Å²) in [5.74, 6) is -0.972. The van der Waals surface area contributed by atoms with Gasteiger partial charge in [-0.05, 0) is 18.4 Å². The molecule has 0 bridgehead atoms. The molecule has 1 heterocycles. The average molecular weight is 497 g/mol. The molecule has 0 amide bonds. The Balaban J connectivity index is 0.00000380. The van der Waals surface area contributed by atoms with E-state index in [-0.39, 0.29) is 11.2 Å². The average Bonchev–Trinajstić information content (AvgIpc) is 3.32. The lowest BCUT2D eigenvalue weighted by Gasteiger charge is -2.11. The predicted molar refractivity (Wildman–Crippen MR) is 152 cm³/mol. The molecule has 0 aliphatic heterocycles. The fraction of sp³-hybridized carbons (Fsp3) is 0.250. The maximum atomic E-state index is 12.6. The van der Waals surface area contributed by atoms with Crippen molar-refractivity contribution >= 4 is 11.7 Å². The van der Waals surface area contributed by atoms with Crippen molar-refractivity contribution in [3.05, 3.63) is 97.1 Å². The summed E-state index contributed by atoms with van der Waals surface area (Å²) >= 11 is 0. The molecule has 0 atom stereocenters. The number of benzene rings is 3. The molecule has 4 aromatic rings. The number of rotatable bonds is 12. The lowest BCUT2D eigenvalue weighted by molar-refractivity contribution is -0.130. The van der Waals surface area contributed by atoms with Crippen molar-refractivity contribution in [1.29, 1.82) is 0 Å². The molecule has 0 saturated heterocycles. The third-order valence-electron chi connectivity index (χ3n) is 6.38. The SMILES string of the molecule is CCCCCCCCC=C(C(=O)O)n1nc(-c2ccccc2)c(-c2ccccc2)c1-c1ccccc1.O. The molecule has 5 heteroatoms. The Kier molecular flexibility index (Phi) is 10.4. The summed E-state index contributed by atoms with van der Waals surface area (Å²) < 4.78 is 1.64. The van der Waals surface area contributed by atoms with Crippen LogP contribution in [0.15, 0.2) is 97.1 Å². The maximum absolute atomic E-state index is 12.6. The molecule has 0 saturated carbocycles. The van der Waals surface area contributed by atoms with Crippen LogP contribution in [-0.4, -0.2) is 26.3 Å². The molecular weight excluding hydrogens is 460 g/mol. The van der Waals surface area contributed by atoms with E-state index in [4.69, 9.17) is 5.10 Å². The Bertz CT molecular complexity index is 1280. The Hall–Kier alpha value is -3.96. The molecule has 0 unspecified atom stereocenters. The van der Waals surface area contributed by atoms with Gasteiger partial charge in [-0.15, -0.1) is 0 Å². The lowest BCUT2D eigenvalue weighted by Crippen LogP contribution is -2.11. The van der Waals surface area contributed by atoms with Crippen LogP contribution in [0.25, 0.3) is 39.3 Å². The molecule has 0 radical (unpaired) electrons. The summed E-state index contributed by atoms with van der Waals surface area (Å²) in [7, 11) is 0. The fourth-order valence-corrected chi connectivity index (χ4v) is 4.56. The van der Waals surface area contributed by atoms with E-state index in [1.54, 1.807) is 4.68 Å². The Labute approximate surface area is 219 Å². The van der Waals surface area contributed by atoms with Crippen LogP contribution in [0, 0.1) is 0 Å². The minimum absolute atomic E-state index is 0. The minimum Gasteiger partial charge on any atom is -0.477 e. The topological polar surface area (TPSA) is 86.6 Å². The van der Waals surface area contributed by atoms with Gasteiger partial charge < -0.3 is 10.6 Å². The number of aromatic nitrogens is 2. The Morgan fingerprint density at radius 2 is 1.27 bits per heavy atom. The van der Waals surface area contributed by atoms with Crippen molar-refractivity contribution in [2.45, 2.75) is 51.9 Å². The summed E-state index contributed by atoms with van der Waals surface area (Å²) in [5, 5.41) is 15.2. The van der Waals surface area contributed by atoms with Gasteiger partial charge in [0.15, 0.2) is 0 Å². The minimum atomic E-state index is -0.972. The zero-order valence-electron chi connectivity index (χ0n) is 21.4. The molecule has 1 aromatic heterocycles. The molecule has 3 aromatic carbocycles. The van der Waals surface area contributed by atoms with Crippen LogP contribution in [0.4, 0.5) is 0 Å². The lowest BCUT2D eigenvalue weighted by atomic mass is 9.96. The van der Waals surface area contributed by atoms with Gasteiger partial charge in [0.2, 0.25) is 0 Å². The van der Waals surface area contributed by atoms with Crippen LogP contribution in [0.1, 0.15) is 51.9 Å². The monoisotopic (exact) mass is 496 g/mol. The number of carboxylic acids is 1. The first-order valence-corrected chi connectivity index (χ1v) is 12.9. The predicted octanol–water partition coefficient (Wildman–Crippen LogP) is 7.74. The van der Waals surface area contributed by atoms with E-state index in [9.17, 15) is 9.90 Å². The maximum Gasteiger partial charge on any atom is 0.354 e. The highest BCUT2D eigenvalue weighted by Gasteiger charge is 2.25. The molecule has 3 N–H and O–H groups in total. The zero-order valence-corrected chi connectivity index (χ0v) is 21.4. The van der Waals surface area contributed by atoms with Gasteiger partial charge in [0.05, 0.1) is 5.69 Å². The highest BCUT2D eigenvalue weighted by Crippen LogP contribution is 2.41. The van der Waals surface area contributed by atoms with Crippen molar-refractivity contribution < 1.29 is 15.4 Å². The van der Waals surface area contributed by atoms with E-state index >= 15 is 0 Å². The summed E-state index contributed by atoms with van der Waals surface area (Å²) in [5.41, 5.74) is 5.57. The van der Waals surface area contributed by atoms with E-state index in [1.807, 2.05) is 84.9 Å². The second-order valence-corrected chi connectivity index (χ2v) is 9.03. The van der Waals surface area contributed by atoms with Crippen LogP contribution in [0.3, 0.4) is 0 Å². The van der Waals surface area contributed by atoms with Crippen LogP contribution >= 0.6 is 0 Å². The van der Waals surface area contributed by atoms with Crippen molar-refractivity contribution in [3.8, 4) is 33.6 Å². The van der Waals surface area contributed by atoms with Gasteiger partial charge in [0, 0.05) is 16.7 Å². The number of hydrogen-bond acceptors (Lipinski definition) is 2. The second-order valence-electron chi connectivity index (χ2n) is 9.03. The number of carboxylic acid groups (broad SMARTS) is 1. The highest BCUT2D eigenvalue weighted by atomic mass is 16.4. The molecule has 4 rings (SSSR count). The molecule has 0 aliphatic carbocycles. The van der Waals surface area contributed by atoms with E-state index < -0.39 is 5.97 Å². The van der Waals surface area contributed by atoms with E-state index in [1.165, 1.54) is 25.7 Å². The second kappa shape index (κ2) is 14.0. The van der Waals surface area contributed by atoms with Gasteiger partial charge in [0.1, 0.15) is 11.4 Å². The third kappa shape index (κ3) is 6.83. The van der Waals surface area contributed by atoms with Gasteiger partial charge in [-0.3, -0.25) is 0 Å². The number of unbranched alkanes of at least 4 members (excludes halogenated alkanes) is 6. The zero-order chi connectivity index (χ0) is 25.2. The standard InChI is InChI=1S/C32H34N2O2.H2O/c1-2-3-4-5-6-7-17-24-28(32(35)36)34-31(27-22-15-10-16-23-27)29(25-18-11-8-12-19-25)30(33-34)26-20-13-9-14-21-26;/h8-16,18-24H,2-7,17H2,1H3,(H,35,36);1H2. The van der Waals surface area contributed by atoms with Crippen molar-refractivity contribution in [2.24, 2.45) is 0 Å². The molecule has 5 nitrogen and oxygen atoms in total. The van der Waals surface area contributed by atoms with Crippen molar-refractivity contribution in [3.63, 3.8) is 0 Å². The summed E-state index contributed by atoms with van der Waals surface area (Å²) in [4.78, 5) is 12.6. The Morgan fingerprint density at radius 3 is 1.84 bits per heavy atom. The number of carbonyl (C=O) groups is 1. The summed E-state index contributed by atoms with van der Waals surface area (Å²) in [6, 6.07) is 30.0. The highest BCUT2D eigenvalue weighted by molar-refractivity contribution is 6.10. The molecular formula is C32H36N2O3. The first-order chi connectivity index (χ1) is 17.7. The number of nitrogens with zero attached hydrogens (tertiary/aromatic N) is 2. The fourth-order valence-electron chi connectivity index (χ4n) is 4.56. The number of aliphatic carboxylic acids is 1. The van der Waals surface area contributed by atoms with Gasteiger partial charge >= 0.3 is 5.97 Å². The van der Waals surface area contributed by atoms with E-state index in [0.29, 0.717) is 6.42 Å². The van der Waals surface area contributed by atoms with Crippen LogP contribution in [0.5, 0.6) is 0 Å². The van der Waals surface area contributed by atoms with Crippen LogP contribution in [-0.2, 0) is 4.79 Å². The molecule has 0 spiro atoms. The van der Waals surface area contributed by atoms with E-state index in [0.717, 1.165) is 46.5 Å². The van der Waals surface area contributed by atoms with Gasteiger partial charge in [-0.2, -0.15) is 5.10 Å². The Morgan fingerprint density at radius 1 is 0.757 bits per heavy atom. The first kappa shape index (κ1) is 27.6. The van der Waals surface area contributed by atoms with Gasteiger partial charge in [-0.1, -0.05) is 136 Å². The number of allylic oxidation sites excluding steroid dienone is 1. The normalized spacial score (nSPS) is 11.2. The smallest absolute Gasteiger partial charge is 0.354 e.